The third-order valence-corrected chi connectivity index (χ3v) is 1.69. The molecule has 0 atom stereocenters. The molecule has 3 nitrogen and oxygen atoms in total. The van der Waals surface area contributed by atoms with E-state index in [0.717, 1.165) is 13.0 Å². The van der Waals surface area contributed by atoms with Crippen LogP contribution < -0.4 is 5.32 Å². The van der Waals surface area contributed by atoms with Crippen LogP contribution in [0.25, 0.3) is 0 Å². The first-order valence-corrected chi connectivity index (χ1v) is 4.66. The number of carbonyl (C=O) groups excluding carboxylic acids is 1. The fourth-order valence-electron chi connectivity index (χ4n) is 0.812. The maximum atomic E-state index is 11.1. The van der Waals surface area contributed by atoms with Gasteiger partial charge in [-0.15, -0.1) is 0 Å². The molecule has 76 valence electrons. The monoisotopic (exact) mass is 204 g/mol. The van der Waals surface area contributed by atoms with E-state index in [1.54, 1.807) is 19.0 Å². The topological polar surface area (TPSA) is 32.3 Å². The van der Waals surface area contributed by atoms with Crippen molar-refractivity contribution in [3.8, 4) is 0 Å². The van der Waals surface area contributed by atoms with Crippen molar-refractivity contribution in [3.63, 3.8) is 0 Å². The molecule has 0 rings (SSSR count). The number of hydrogen-bond donors (Lipinski definition) is 1. The molecule has 0 aliphatic heterocycles. The number of rotatable bonds is 6. The average molecular weight is 205 g/mol. The second-order valence-electron chi connectivity index (χ2n) is 3.09. The van der Waals surface area contributed by atoms with Crippen molar-refractivity contribution in [2.24, 2.45) is 0 Å². The highest BCUT2D eigenvalue weighted by atomic mass is 35.5. The van der Waals surface area contributed by atoms with E-state index in [-0.39, 0.29) is 5.91 Å². The van der Waals surface area contributed by atoms with Gasteiger partial charge >= 0.3 is 0 Å². The van der Waals surface area contributed by atoms with Crippen molar-refractivity contribution in [2.45, 2.75) is 12.8 Å². The van der Waals surface area contributed by atoms with Gasteiger partial charge in [-0.2, -0.15) is 0 Å². The van der Waals surface area contributed by atoms with Gasteiger partial charge in [0.1, 0.15) is 0 Å². The predicted octanol–water partition coefficient (Wildman–Crippen LogP) is 1.20. The van der Waals surface area contributed by atoms with E-state index >= 15 is 0 Å². The van der Waals surface area contributed by atoms with E-state index in [1.807, 2.05) is 0 Å². The van der Waals surface area contributed by atoms with Gasteiger partial charge in [-0.3, -0.25) is 4.79 Å². The first-order chi connectivity index (χ1) is 6.04. The average Bonchev–Trinajstić information content (AvgIpc) is 2.02. The highest BCUT2D eigenvalue weighted by Crippen LogP contribution is 1.94. The Kier molecular flexibility index (Phi) is 6.63. The Hall–Kier alpha value is -0.540. The summed E-state index contributed by atoms with van der Waals surface area (Å²) in [5, 5.41) is 3.67. The molecule has 0 aliphatic carbocycles. The molecule has 1 amide bonds. The fourth-order valence-corrected chi connectivity index (χ4v) is 0.907. The third kappa shape index (κ3) is 7.81. The lowest BCUT2D eigenvalue weighted by molar-refractivity contribution is -0.128. The van der Waals surface area contributed by atoms with Crippen LogP contribution >= 0.6 is 11.6 Å². The van der Waals surface area contributed by atoms with E-state index in [1.165, 1.54) is 0 Å². The molecule has 0 saturated heterocycles. The van der Waals surface area contributed by atoms with E-state index in [2.05, 4.69) is 11.9 Å². The lowest BCUT2D eigenvalue weighted by atomic mass is 10.3. The normalized spacial score (nSPS) is 9.77. The Morgan fingerprint density at radius 1 is 1.54 bits per heavy atom. The summed E-state index contributed by atoms with van der Waals surface area (Å²) in [5.41, 5.74) is 0. The van der Waals surface area contributed by atoms with E-state index in [0.29, 0.717) is 18.0 Å². The van der Waals surface area contributed by atoms with Crippen molar-refractivity contribution in [1.29, 1.82) is 0 Å². The molecule has 0 radical (unpaired) electrons. The van der Waals surface area contributed by atoms with Gasteiger partial charge < -0.3 is 10.2 Å². The number of halogens is 1. The zero-order valence-electron chi connectivity index (χ0n) is 8.27. The largest absolute Gasteiger partial charge is 0.349 e. The van der Waals surface area contributed by atoms with Crippen molar-refractivity contribution in [1.82, 2.24) is 10.2 Å². The Balaban J connectivity index is 3.26. The molecule has 0 heterocycles. The van der Waals surface area contributed by atoms with Crippen LogP contribution in [0.15, 0.2) is 11.6 Å². The van der Waals surface area contributed by atoms with Gasteiger partial charge in [0.05, 0.1) is 0 Å². The second kappa shape index (κ2) is 6.92. The highest BCUT2D eigenvalue weighted by molar-refractivity contribution is 6.29. The maximum absolute atomic E-state index is 11.1. The maximum Gasteiger partial charge on any atom is 0.222 e. The lowest BCUT2D eigenvalue weighted by Crippen LogP contribution is -2.23. The quantitative estimate of drug-likeness (QED) is 0.660. The summed E-state index contributed by atoms with van der Waals surface area (Å²) in [4.78, 5) is 12.7. The molecule has 0 saturated carbocycles. The third-order valence-electron chi connectivity index (χ3n) is 1.56. The van der Waals surface area contributed by atoms with Crippen molar-refractivity contribution in [2.75, 3.05) is 27.2 Å². The highest BCUT2D eigenvalue weighted by Gasteiger charge is 2.01. The van der Waals surface area contributed by atoms with Crippen LogP contribution in [0.1, 0.15) is 12.8 Å². The Morgan fingerprint density at radius 2 is 2.15 bits per heavy atom. The van der Waals surface area contributed by atoms with Gasteiger partial charge in [-0.1, -0.05) is 18.2 Å². The minimum atomic E-state index is 0.159. The molecule has 0 aromatic rings. The minimum absolute atomic E-state index is 0.159. The summed E-state index contributed by atoms with van der Waals surface area (Å²) in [7, 11) is 3.52. The predicted molar refractivity (Wildman–Crippen MR) is 55.8 cm³/mol. The van der Waals surface area contributed by atoms with Gasteiger partial charge in [0.25, 0.3) is 0 Å². The van der Waals surface area contributed by atoms with Gasteiger partial charge in [-0.05, 0) is 13.0 Å². The molecule has 0 fully saturated rings. The van der Waals surface area contributed by atoms with Crippen LogP contribution in [0, 0.1) is 0 Å². The van der Waals surface area contributed by atoms with Crippen LogP contribution in [0.5, 0.6) is 0 Å². The molecule has 1 N–H and O–H groups in total. The smallest absolute Gasteiger partial charge is 0.222 e. The number of hydrogen-bond acceptors (Lipinski definition) is 2. The minimum Gasteiger partial charge on any atom is -0.349 e. The summed E-state index contributed by atoms with van der Waals surface area (Å²) in [6.45, 7) is 4.95. The number of nitrogens with zero attached hydrogens (tertiary/aromatic N) is 1. The molecule has 0 spiro atoms. The van der Waals surface area contributed by atoms with Crippen LogP contribution in [0.2, 0.25) is 0 Å². The molecule has 0 aromatic carbocycles. The molecule has 0 bridgehead atoms. The second-order valence-corrected chi connectivity index (χ2v) is 3.62. The lowest BCUT2D eigenvalue weighted by Gasteiger charge is -2.09. The summed E-state index contributed by atoms with van der Waals surface area (Å²) in [5.74, 6) is 0.159. The van der Waals surface area contributed by atoms with Gasteiger partial charge in [-0.25, -0.2) is 0 Å². The Bertz CT molecular complexity index is 180. The van der Waals surface area contributed by atoms with Crippen molar-refractivity contribution in [3.05, 3.63) is 11.6 Å². The molecule has 0 aliphatic rings. The van der Waals surface area contributed by atoms with Crippen molar-refractivity contribution >= 4 is 17.5 Å². The zero-order chi connectivity index (χ0) is 10.3. The van der Waals surface area contributed by atoms with E-state index in [4.69, 9.17) is 11.6 Å². The Labute approximate surface area is 84.7 Å². The van der Waals surface area contributed by atoms with E-state index in [9.17, 15) is 4.79 Å². The number of carbonyl (C=O) groups is 1. The summed E-state index contributed by atoms with van der Waals surface area (Å²) in [6, 6.07) is 0. The standard InChI is InChI=1S/C9H17ClN2O/c1-8(10)7-11-6-4-5-9(13)12(2)3/h11H,1,4-7H2,2-3H3. The van der Waals surface area contributed by atoms with Crippen LogP contribution in [0.3, 0.4) is 0 Å². The van der Waals surface area contributed by atoms with Gasteiger partial charge in [0.2, 0.25) is 5.91 Å². The molecule has 4 heteroatoms. The van der Waals surface area contributed by atoms with E-state index < -0.39 is 0 Å². The molecular weight excluding hydrogens is 188 g/mol. The van der Waals surface area contributed by atoms with Gasteiger partial charge in [0.15, 0.2) is 0 Å². The number of nitrogens with one attached hydrogen (secondary N) is 1. The molecule has 13 heavy (non-hydrogen) atoms. The number of amides is 1. The molecule has 0 unspecified atom stereocenters. The zero-order valence-corrected chi connectivity index (χ0v) is 9.02. The summed E-state index contributed by atoms with van der Waals surface area (Å²) >= 11 is 5.54. The summed E-state index contributed by atoms with van der Waals surface area (Å²) in [6.07, 6.45) is 1.41. The van der Waals surface area contributed by atoms with Gasteiger partial charge in [0, 0.05) is 32.1 Å². The van der Waals surface area contributed by atoms with Crippen LogP contribution in [-0.4, -0.2) is 38.0 Å². The SMILES string of the molecule is C=C(Cl)CNCCCC(=O)N(C)C. The first kappa shape index (κ1) is 12.5. The van der Waals surface area contributed by atoms with Crippen molar-refractivity contribution < 1.29 is 4.79 Å². The fraction of sp³-hybridized carbons (Fsp3) is 0.667. The molecule has 0 aromatic heterocycles. The van der Waals surface area contributed by atoms with Crippen LogP contribution in [-0.2, 0) is 4.79 Å². The Morgan fingerprint density at radius 3 is 2.62 bits per heavy atom. The van der Waals surface area contributed by atoms with Crippen LogP contribution in [0.4, 0.5) is 0 Å². The molecular formula is C9H17ClN2O. The summed E-state index contributed by atoms with van der Waals surface area (Å²) < 4.78 is 0. The first-order valence-electron chi connectivity index (χ1n) is 4.28.